The van der Waals surface area contributed by atoms with Gasteiger partial charge in [0.15, 0.2) is 0 Å². The van der Waals surface area contributed by atoms with Gasteiger partial charge in [-0.25, -0.2) is 4.98 Å². The molecule has 25 heavy (non-hydrogen) atoms. The number of benzene rings is 1. The SMILES string of the molecule is C[C@H]1CC[C@H](c2ccc3sc(C4CCC(N(C)C)CC4)nc3c2)NC1. The van der Waals surface area contributed by atoms with E-state index in [0.717, 1.165) is 18.5 Å². The first-order valence-electron chi connectivity index (χ1n) is 9.90. The maximum atomic E-state index is 5.05. The fraction of sp³-hybridized carbons (Fsp3) is 0.667. The van der Waals surface area contributed by atoms with E-state index in [4.69, 9.17) is 4.98 Å². The Balaban J connectivity index is 1.49. The van der Waals surface area contributed by atoms with Gasteiger partial charge < -0.3 is 10.2 Å². The Hall–Kier alpha value is -0.970. The number of piperidine rings is 1. The van der Waals surface area contributed by atoms with E-state index >= 15 is 0 Å². The van der Waals surface area contributed by atoms with Crippen LogP contribution in [0.15, 0.2) is 18.2 Å². The molecule has 0 unspecified atom stereocenters. The predicted octanol–water partition coefficient (Wildman–Crippen LogP) is 4.94. The lowest BCUT2D eigenvalue weighted by Crippen LogP contribution is -2.31. The molecule has 0 spiro atoms. The normalized spacial score (nSPS) is 30.9. The highest BCUT2D eigenvalue weighted by atomic mass is 32.1. The van der Waals surface area contributed by atoms with Crippen molar-refractivity contribution in [2.75, 3.05) is 20.6 Å². The number of aromatic nitrogens is 1. The molecule has 1 aromatic heterocycles. The number of rotatable bonds is 3. The Bertz CT molecular complexity index is 707. The number of fused-ring (bicyclic) bond motifs is 1. The molecule has 4 heteroatoms. The first kappa shape index (κ1) is 17.4. The van der Waals surface area contributed by atoms with E-state index in [-0.39, 0.29) is 0 Å². The summed E-state index contributed by atoms with van der Waals surface area (Å²) in [5.74, 6) is 1.48. The van der Waals surface area contributed by atoms with Crippen LogP contribution in [-0.2, 0) is 0 Å². The zero-order valence-electron chi connectivity index (χ0n) is 15.8. The van der Waals surface area contributed by atoms with Crippen LogP contribution in [-0.4, -0.2) is 36.6 Å². The molecule has 1 aliphatic heterocycles. The number of hydrogen-bond donors (Lipinski definition) is 1. The molecular formula is C21H31N3S. The van der Waals surface area contributed by atoms with Crippen LogP contribution in [0.1, 0.15) is 68.0 Å². The van der Waals surface area contributed by atoms with Gasteiger partial charge in [0.25, 0.3) is 0 Å². The topological polar surface area (TPSA) is 28.2 Å². The van der Waals surface area contributed by atoms with Gasteiger partial charge in [-0.05, 0) is 82.8 Å². The molecule has 1 aromatic carbocycles. The second kappa shape index (κ2) is 7.34. The summed E-state index contributed by atoms with van der Waals surface area (Å²) in [7, 11) is 4.43. The van der Waals surface area contributed by atoms with Crippen LogP contribution in [0.3, 0.4) is 0 Å². The van der Waals surface area contributed by atoms with Gasteiger partial charge in [0.2, 0.25) is 0 Å². The van der Waals surface area contributed by atoms with Crippen LogP contribution in [0.5, 0.6) is 0 Å². The Morgan fingerprint density at radius 3 is 2.56 bits per heavy atom. The van der Waals surface area contributed by atoms with Crippen molar-refractivity contribution in [1.82, 2.24) is 15.2 Å². The van der Waals surface area contributed by atoms with Crippen molar-refractivity contribution in [1.29, 1.82) is 0 Å². The Morgan fingerprint density at radius 1 is 1.08 bits per heavy atom. The molecule has 1 N–H and O–H groups in total. The molecule has 3 nitrogen and oxygen atoms in total. The summed E-state index contributed by atoms with van der Waals surface area (Å²) in [6, 6.07) is 8.24. The average molecular weight is 358 g/mol. The molecular weight excluding hydrogens is 326 g/mol. The van der Waals surface area contributed by atoms with Crippen LogP contribution in [0, 0.1) is 5.92 Å². The minimum atomic E-state index is 0.515. The van der Waals surface area contributed by atoms with Gasteiger partial charge in [0.1, 0.15) is 0 Å². The van der Waals surface area contributed by atoms with Gasteiger partial charge in [0.05, 0.1) is 15.2 Å². The number of thiazole rings is 1. The molecule has 2 aliphatic rings. The standard InChI is InChI=1S/C21H31N3S/c1-14-4-10-18(22-13-14)16-7-11-20-19(12-16)23-21(25-20)15-5-8-17(9-6-15)24(2)3/h7,11-12,14-15,17-18,22H,4-6,8-10,13H2,1-3H3/t14-,15?,17?,18+/m0/s1. The second-order valence-corrected chi connectivity index (χ2v) is 9.45. The number of nitrogens with zero attached hydrogens (tertiary/aromatic N) is 2. The molecule has 1 saturated carbocycles. The Morgan fingerprint density at radius 2 is 1.88 bits per heavy atom. The first-order chi connectivity index (χ1) is 12.1. The third-order valence-electron chi connectivity index (χ3n) is 6.27. The maximum Gasteiger partial charge on any atom is 0.0969 e. The molecule has 0 amide bonds. The van der Waals surface area contributed by atoms with Crippen molar-refractivity contribution >= 4 is 21.6 Å². The molecule has 1 aliphatic carbocycles. The van der Waals surface area contributed by atoms with Crippen molar-refractivity contribution in [3.8, 4) is 0 Å². The van der Waals surface area contributed by atoms with Crippen LogP contribution in [0.2, 0.25) is 0 Å². The van der Waals surface area contributed by atoms with Gasteiger partial charge in [0, 0.05) is 18.0 Å². The number of nitrogens with one attached hydrogen (secondary N) is 1. The van der Waals surface area contributed by atoms with E-state index in [0.29, 0.717) is 12.0 Å². The summed E-state index contributed by atoms with van der Waals surface area (Å²) in [6.45, 7) is 3.48. The number of hydrogen-bond acceptors (Lipinski definition) is 4. The van der Waals surface area contributed by atoms with Crippen molar-refractivity contribution in [2.24, 2.45) is 5.92 Å². The highest BCUT2D eigenvalue weighted by Crippen LogP contribution is 2.38. The van der Waals surface area contributed by atoms with Crippen molar-refractivity contribution in [3.63, 3.8) is 0 Å². The fourth-order valence-corrected chi connectivity index (χ4v) is 5.59. The lowest BCUT2D eigenvalue weighted by atomic mass is 9.86. The summed E-state index contributed by atoms with van der Waals surface area (Å²) < 4.78 is 1.36. The molecule has 2 atom stereocenters. The Kier molecular flexibility index (Phi) is 5.12. The van der Waals surface area contributed by atoms with E-state index < -0.39 is 0 Å². The quantitative estimate of drug-likeness (QED) is 0.843. The highest BCUT2D eigenvalue weighted by molar-refractivity contribution is 7.18. The van der Waals surface area contributed by atoms with Gasteiger partial charge >= 0.3 is 0 Å². The minimum absolute atomic E-state index is 0.515. The average Bonchev–Trinajstić information content (AvgIpc) is 3.05. The zero-order chi connectivity index (χ0) is 17.4. The fourth-order valence-electron chi connectivity index (χ4n) is 4.48. The molecule has 136 valence electrons. The highest BCUT2D eigenvalue weighted by Gasteiger charge is 2.26. The second-order valence-electron chi connectivity index (χ2n) is 8.39. The van der Waals surface area contributed by atoms with Gasteiger partial charge in [-0.15, -0.1) is 11.3 Å². The molecule has 0 bridgehead atoms. The maximum absolute atomic E-state index is 5.05. The van der Waals surface area contributed by atoms with E-state index in [9.17, 15) is 0 Å². The van der Waals surface area contributed by atoms with Crippen LogP contribution >= 0.6 is 11.3 Å². The molecule has 2 fully saturated rings. The predicted molar refractivity (Wildman–Crippen MR) is 107 cm³/mol. The van der Waals surface area contributed by atoms with Gasteiger partial charge in [-0.2, -0.15) is 0 Å². The molecule has 4 rings (SSSR count). The summed E-state index contributed by atoms with van der Waals surface area (Å²) in [5.41, 5.74) is 2.64. The largest absolute Gasteiger partial charge is 0.310 e. The van der Waals surface area contributed by atoms with E-state index in [1.165, 1.54) is 59.3 Å². The molecule has 2 heterocycles. The first-order valence-corrected chi connectivity index (χ1v) is 10.7. The van der Waals surface area contributed by atoms with Crippen LogP contribution < -0.4 is 5.32 Å². The van der Waals surface area contributed by atoms with E-state index in [2.05, 4.69) is 49.4 Å². The molecule has 1 saturated heterocycles. The van der Waals surface area contributed by atoms with Gasteiger partial charge in [-0.3, -0.25) is 0 Å². The van der Waals surface area contributed by atoms with Crippen molar-refractivity contribution in [3.05, 3.63) is 28.8 Å². The van der Waals surface area contributed by atoms with Crippen molar-refractivity contribution in [2.45, 2.75) is 63.5 Å². The molecule has 2 aromatic rings. The Labute approximate surface area is 155 Å². The van der Waals surface area contributed by atoms with Gasteiger partial charge in [-0.1, -0.05) is 13.0 Å². The van der Waals surface area contributed by atoms with Crippen LogP contribution in [0.4, 0.5) is 0 Å². The summed E-state index contributed by atoms with van der Waals surface area (Å²) in [5, 5.41) is 5.08. The van der Waals surface area contributed by atoms with E-state index in [1.54, 1.807) is 0 Å². The summed E-state index contributed by atoms with van der Waals surface area (Å²) in [4.78, 5) is 7.44. The van der Waals surface area contributed by atoms with E-state index in [1.807, 2.05) is 11.3 Å². The summed E-state index contributed by atoms with van der Waals surface area (Å²) >= 11 is 1.92. The van der Waals surface area contributed by atoms with Crippen LogP contribution in [0.25, 0.3) is 10.2 Å². The third-order valence-corrected chi connectivity index (χ3v) is 7.47. The lowest BCUT2D eigenvalue weighted by Gasteiger charge is -2.31. The smallest absolute Gasteiger partial charge is 0.0969 e. The zero-order valence-corrected chi connectivity index (χ0v) is 16.6. The minimum Gasteiger partial charge on any atom is -0.310 e. The molecule has 0 radical (unpaired) electrons. The monoisotopic (exact) mass is 357 g/mol. The lowest BCUT2D eigenvalue weighted by molar-refractivity contribution is 0.216. The summed E-state index contributed by atoms with van der Waals surface area (Å²) in [6.07, 6.45) is 7.77. The van der Waals surface area contributed by atoms with Crippen molar-refractivity contribution < 1.29 is 0 Å². The third kappa shape index (κ3) is 3.76.